The lowest BCUT2D eigenvalue weighted by Crippen LogP contribution is -2.33. The van der Waals surface area contributed by atoms with Gasteiger partial charge in [-0.3, -0.25) is 9.59 Å². The summed E-state index contributed by atoms with van der Waals surface area (Å²) in [6.45, 7) is 5.24. The van der Waals surface area contributed by atoms with E-state index in [2.05, 4.69) is 10.1 Å². The van der Waals surface area contributed by atoms with Crippen LogP contribution in [0, 0.1) is 5.92 Å². The molecule has 2 atom stereocenters. The lowest BCUT2D eigenvalue weighted by Gasteiger charge is -2.23. The summed E-state index contributed by atoms with van der Waals surface area (Å²) in [4.78, 5) is 35.0. The van der Waals surface area contributed by atoms with Crippen LogP contribution in [0.3, 0.4) is 0 Å². The van der Waals surface area contributed by atoms with Crippen molar-refractivity contribution in [1.82, 2.24) is 5.32 Å². The molecule has 0 heterocycles. The molecule has 0 saturated heterocycles. The summed E-state index contributed by atoms with van der Waals surface area (Å²) in [5.41, 5.74) is -0.972. The maximum absolute atomic E-state index is 13.3. The molecule has 0 bridgehead atoms. The highest BCUT2D eigenvalue weighted by Gasteiger charge is 2.45. The highest BCUT2D eigenvalue weighted by Crippen LogP contribution is 2.36. The zero-order valence-electron chi connectivity index (χ0n) is 17.0. The van der Waals surface area contributed by atoms with Crippen LogP contribution in [0.4, 0.5) is 18.0 Å². The lowest BCUT2D eigenvalue weighted by atomic mass is 10.0. The Labute approximate surface area is 172 Å². The van der Waals surface area contributed by atoms with Crippen molar-refractivity contribution in [2.75, 3.05) is 6.54 Å². The lowest BCUT2D eigenvalue weighted by molar-refractivity contribution is -0.226. The van der Waals surface area contributed by atoms with Crippen LogP contribution in [-0.2, 0) is 19.1 Å². The Bertz CT molecular complexity index is 715. The molecule has 0 saturated carbocycles. The van der Waals surface area contributed by atoms with Crippen molar-refractivity contribution in [1.29, 1.82) is 0 Å². The number of halogens is 3. The summed E-state index contributed by atoms with van der Waals surface area (Å²) < 4.78 is 49.5. The highest BCUT2D eigenvalue weighted by atomic mass is 19.4. The monoisotopic (exact) mass is 433 g/mol. The van der Waals surface area contributed by atoms with E-state index in [0.29, 0.717) is 6.42 Å². The van der Waals surface area contributed by atoms with Crippen LogP contribution in [-0.4, -0.2) is 41.5 Å². The van der Waals surface area contributed by atoms with Crippen molar-refractivity contribution in [2.45, 2.75) is 57.9 Å². The van der Waals surface area contributed by atoms with E-state index in [1.807, 2.05) is 0 Å². The third kappa shape index (κ3) is 9.15. The van der Waals surface area contributed by atoms with Crippen molar-refractivity contribution in [3.8, 4) is 0 Å². The van der Waals surface area contributed by atoms with Gasteiger partial charge in [-0.2, -0.15) is 13.2 Å². The Morgan fingerprint density at radius 3 is 2.17 bits per heavy atom. The molecule has 1 rings (SSSR count). The number of benzene rings is 1. The number of esters is 1. The van der Waals surface area contributed by atoms with E-state index in [4.69, 9.17) is 4.74 Å². The summed E-state index contributed by atoms with van der Waals surface area (Å²) in [6, 6.07) is 6.50. The second kappa shape index (κ2) is 10.8. The molecule has 0 aromatic heterocycles. The van der Waals surface area contributed by atoms with Gasteiger partial charge >= 0.3 is 24.2 Å². The molecule has 1 aromatic carbocycles. The minimum absolute atomic E-state index is 0.158. The van der Waals surface area contributed by atoms with Crippen LogP contribution >= 0.6 is 0 Å². The number of alkyl halides is 3. The number of carboxylic acid groups (broad SMARTS) is 1. The normalized spacial score (nSPS) is 13.8. The van der Waals surface area contributed by atoms with Gasteiger partial charge in [-0.05, 0) is 33.6 Å². The number of aliphatic carboxylic acids is 1. The van der Waals surface area contributed by atoms with Crippen molar-refractivity contribution >= 4 is 18.0 Å². The van der Waals surface area contributed by atoms with Crippen LogP contribution in [0.1, 0.15) is 51.7 Å². The quantitative estimate of drug-likeness (QED) is 0.343. The van der Waals surface area contributed by atoms with Gasteiger partial charge in [0.25, 0.3) is 0 Å². The van der Waals surface area contributed by atoms with Gasteiger partial charge in [0.15, 0.2) is 5.92 Å². The Balaban J connectivity index is 2.62. The molecular formula is C20H26F3NO6. The number of nitrogens with one attached hydrogen (secondary N) is 1. The molecule has 0 aliphatic heterocycles. The first-order valence-electron chi connectivity index (χ1n) is 9.33. The fourth-order valence-electron chi connectivity index (χ4n) is 2.47. The number of unbranched alkanes of at least 4 members (excludes halogenated alkanes) is 1. The minimum Gasteiger partial charge on any atom is -0.481 e. The summed E-state index contributed by atoms with van der Waals surface area (Å²) in [7, 11) is 0. The number of ether oxygens (including phenoxy) is 2. The number of alkyl carbamates (subject to hydrolysis) is 1. The molecule has 10 heteroatoms. The van der Waals surface area contributed by atoms with Gasteiger partial charge in [0, 0.05) is 12.1 Å². The fourth-order valence-corrected chi connectivity index (χ4v) is 2.47. The number of hydrogen-bond acceptors (Lipinski definition) is 5. The van der Waals surface area contributed by atoms with Gasteiger partial charge < -0.3 is 19.9 Å². The summed E-state index contributed by atoms with van der Waals surface area (Å²) >= 11 is 0. The molecule has 7 nitrogen and oxygen atoms in total. The standard InChI is InChI=1S/C20H26F3NO6/c1-19(2,3)30-18(28)24-12-8-7-11-14(16(25)26)17(27)29-15(20(21,22)23)13-9-5-4-6-10-13/h4-6,9-10,14-15H,7-8,11-12H2,1-3H3,(H,24,28)(H,25,26). The number of carbonyl (C=O) groups is 3. The van der Waals surface area contributed by atoms with E-state index < -0.39 is 41.8 Å². The van der Waals surface area contributed by atoms with Crippen molar-refractivity contribution in [2.24, 2.45) is 5.92 Å². The molecule has 168 valence electrons. The van der Waals surface area contributed by atoms with Crippen LogP contribution in [0.15, 0.2) is 30.3 Å². The summed E-state index contributed by atoms with van der Waals surface area (Å²) in [5, 5.41) is 11.7. The van der Waals surface area contributed by atoms with Crippen LogP contribution in [0.2, 0.25) is 0 Å². The van der Waals surface area contributed by atoms with Gasteiger partial charge in [0.05, 0.1) is 0 Å². The maximum Gasteiger partial charge on any atom is 0.429 e. The van der Waals surface area contributed by atoms with Gasteiger partial charge in [0.1, 0.15) is 5.60 Å². The zero-order valence-corrected chi connectivity index (χ0v) is 17.0. The molecule has 0 radical (unpaired) electrons. The highest BCUT2D eigenvalue weighted by molar-refractivity contribution is 5.94. The van der Waals surface area contributed by atoms with Crippen LogP contribution in [0.25, 0.3) is 0 Å². The average Bonchev–Trinajstić information content (AvgIpc) is 2.60. The zero-order chi connectivity index (χ0) is 22.9. The first-order valence-corrected chi connectivity index (χ1v) is 9.33. The van der Waals surface area contributed by atoms with Gasteiger partial charge in [-0.1, -0.05) is 36.8 Å². The molecule has 1 amide bonds. The number of carboxylic acids is 1. The number of carbonyl (C=O) groups excluding carboxylic acids is 2. The number of hydrogen-bond donors (Lipinski definition) is 2. The predicted molar refractivity (Wildman–Crippen MR) is 101 cm³/mol. The molecule has 0 aliphatic carbocycles. The van der Waals surface area contributed by atoms with E-state index in [9.17, 15) is 32.7 Å². The van der Waals surface area contributed by atoms with Gasteiger partial charge in [0.2, 0.25) is 6.10 Å². The topological polar surface area (TPSA) is 102 Å². The predicted octanol–water partition coefficient (Wildman–Crippen LogP) is 4.23. The van der Waals surface area contributed by atoms with E-state index in [0.717, 1.165) is 12.1 Å². The SMILES string of the molecule is CC(C)(C)OC(=O)NCCCCC(C(=O)O)C(=O)OC(c1ccccc1)C(F)(F)F. The van der Waals surface area contributed by atoms with Crippen molar-refractivity contribution < 1.29 is 42.1 Å². The Hall–Kier alpha value is -2.78. The van der Waals surface area contributed by atoms with Crippen LogP contribution in [0.5, 0.6) is 0 Å². The van der Waals surface area contributed by atoms with Gasteiger partial charge in [-0.15, -0.1) is 0 Å². The number of rotatable bonds is 9. The number of amides is 1. The molecule has 2 unspecified atom stereocenters. The fraction of sp³-hybridized carbons (Fsp3) is 0.550. The smallest absolute Gasteiger partial charge is 0.429 e. The molecule has 1 aromatic rings. The molecular weight excluding hydrogens is 407 g/mol. The second-order valence-corrected chi connectivity index (χ2v) is 7.58. The minimum atomic E-state index is -4.89. The third-order valence-corrected chi connectivity index (χ3v) is 3.80. The van der Waals surface area contributed by atoms with E-state index >= 15 is 0 Å². The first-order chi connectivity index (χ1) is 13.8. The average molecular weight is 433 g/mol. The van der Waals surface area contributed by atoms with E-state index in [1.165, 1.54) is 18.2 Å². The Kier molecular flexibility index (Phi) is 9.13. The summed E-state index contributed by atoms with van der Waals surface area (Å²) in [5.74, 6) is -4.79. The molecule has 30 heavy (non-hydrogen) atoms. The van der Waals surface area contributed by atoms with Gasteiger partial charge in [-0.25, -0.2) is 4.79 Å². The molecule has 0 fully saturated rings. The largest absolute Gasteiger partial charge is 0.481 e. The van der Waals surface area contributed by atoms with Crippen molar-refractivity contribution in [3.63, 3.8) is 0 Å². The van der Waals surface area contributed by atoms with Crippen molar-refractivity contribution in [3.05, 3.63) is 35.9 Å². The van der Waals surface area contributed by atoms with E-state index in [-0.39, 0.29) is 24.9 Å². The Morgan fingerprint density at radius 2 is 1.67 bits per heavy atom. The molecule has 0 aliphatic rings. The van der Waals surface area contributed by atoms with E-state index in [1.54, 1.807) is 20.8 Å². The van der Waals surface area contributed by atoms with Crippen LogP contribution < -0.4 is 5.32 Å². The summed E-state index contributed by atoms with van der Waals surface area (Å²) in [6.07, 6.45) is -7.85. The second-order valence-electron chi connectivity index (χ2n) is 7.58. The third-order valence-electron chi connectivity index (χ3n) is 3.80. The molecule has 0 spiro atoms. The Morgan fingerprint density at radius 1 is 1.07 bits per heavy atom. The maximum atomic E-state index is 13.3. The first kappa shape index (κ1) is 25.3. The molecule has 2 N–H and O–H groups in total.